The van der Waals surface area contributed by atoms with Gasteiger partial charge < -0.3 is 17.0 Å². The van der Waals surface area contributed by atoms with Crippen LogP contribution in [0.5, 0.6) is 0 Å². The molecule has 0 aliphatic carbocycles. The summed E-state index contributed by atoms with van der Waals surface area (Å²) in [5.74, 6) is 1.17. The standard InChI is InChI=1S/C11H12N2.BrH/c1-3-8-13-9(2)12-10-6-4-5-7-11(10)13;/h3-7H,1,8H2,2H3;1H. The Labute approximate surface area is 94.0 Å². The number of para-hydroxylation sites is 2. The van der Waals surface area contributed by atoms with Gasteiger partial charge in [-0.3, -0.25) is 0 Å². The Morgan fingerprint density at radius 1 is 1.43 bits per heavy atom. The Hall–Kier alpha value is -1.09. The van der Waals surface area contributed by atoms with Gasteiger partial charge in [0.05, 0.1) is 0 Å². The van der Waals surface area contributed by atoms with E-state index in [9.17, 15) is 0 Å². The molecule has 0 atom stereocenters. The van der Waals surface area contributed by atoms with Crippen LogP contribution in [-0.2, 0) is 6.54 Å². The molecule has 14 heavy (non-hydrogen) atoms. The fourth-order valence-corrected chi connectivity index (χ4v) is 1.62. The normalized spacial score (nSPS) is 9.79. The number of hydrogen-bond acceptors (Lipinski definition) is 0. The van der Waals surface area contributed by atoms with Crippen LogP contribution in [0.2, 0.25) is 0 Å². The maximum absolute atomic E-state index is 3.75. The topological polar surface area (TPSA) is 19.7 Å². The minimum atomic E-state index is 0. The van der Waals surface area contributed by atoms with Crippen LogP contribution in [0.3, 0.4) is 0 Å². The fourth-order valence-electron chi connectivity index (χ4n) is 1.62. The molecule has 0 saturated carbocycles. The average Bonchev–Trinajstić information content (AvgIpc) is 2.44. The number of allylic oxidation sites excluding steroid dienone is 1. The Morgan fingerprint density at radius 3 is 2.86 bits per heavy atom. The average molecular weight is 253 g/mol. The van der Waals surface area contributed by atoms with E-state index in [0.29, 0.717) is 0 Å². The Kier molecular flexibility index (Phi) is 3.47. The summed E-state index contributed by atoms with van der Waals surface area (Å²) in [5, 5.41) is 0. The largest absolute Gasteiger partial charge is 1.00 e. The first-order valence-corrected chi connectivity index (χ1v) is 4.41. The Balaban J connectivity index is 0.000000980. The number of halogens is 1. The van der Waals surface area contributed by atoms with Crippen LogP contribution in [0, 0.1) is 6.92 Å². The molecule has 2 nitrogen and oxygen atoms in total. The summed E-state index contributed by atoms with van der Waals surface area (Å²) in [4.78, 5) is 3.33. The van der Waals surface area contributed by atoms with E-state index in [1.807, 2.05) is 12.1 Å². The minimum absolute atomic E-state index is 0. The van der Waals surface area contributed by atoms with Crippen LogP contribution < -0.4 is 21.5 Å². The van der Waals surface area contributed by atoms with E-state index in [2.05, 4.69) is 41.3 Å². The quantitative estimate of drug-likeness (QED) is 0.521. The molecule has 74 valence electrons. The third-order valence-electron chi connectivity index (χ3n) is 2.23. The molecule has 0 aliphatic heterocycles. The van der Waals surface area contributed by atoms with Crippen LogP contribution in [0.4, 0.5) is 0 Å². The zero-order valence-corrected chi connectivity index (χ0v) is 9.71. The number of aromatic nitrogens is 2. The second-order valence-corrected chi connectivity index (χ2v) is 3.13. The zero-order chi connectivity index (χ0) is 9.26. The lowest BCUT2D eigenvalue weighted by atomic mass is 10.3. The molecule has 1 aromatic carbocycles. The number of benzene rings is 1. The van der Waals surface area contributed by atoms with Crippen LogP contribution in [0.25, 0.3) is 11.0 Å². The van der Waals surface area contributed by atoms with E-state index in [1.165, 1.54) is 16.9 Å². The third kappa shape index (κ3) is 1.73. The van der Waals surface area contributed by atoms with Gasteiger partial charge >= 0.3 is 0 Å². The summed E-state index contributed by atoms with van der Waals surface area (Å²) in [6.45, 7) is 6.68. The van der Waals surface area contributed by atoms with E-state index >= 15 is 0 Å². The number of fused-ring (bicyclic) bond motifs is 1. The van der Waals surface area contributed by atoms with E-state index in [4.69, 9.17) is 0 Å². The van der Waals surface area contributed by atoms with Crippen molar-refractivity contribution >= 4 is 11.0 Å². The Bertz CT molecular complexity index is 445. The second-order valence-electron chi connectivity index (χ2n) is 3.13. The number of aromatic amines is 1. The minimum Gasteiger partial charge on any atom is -1.00 e. The van der Waals surface area contributed by atoms with Crippen molar-refractivity contribution in [2.75, 3.05) is 0 Å². The monoisotopic (exact) mass is 252 g/mol. The lowest BCUT2D eigenvalue weighted by Crippen LogP contribution is -3.00. The van der Waals surface area contributed by atoms with Crippen molar-refractivity contribution in [3.63, 3.8) is 0 Å². The molecule has 0 radical (unpaired) electrons. The molecule has 1 N–H and O–H groups in total. The van der Waals surface area contributed by atoms with Crippen molar-refractivity contribution < 1.29 is 21.5 Å². The predicted octanol–water partition coefficient (Wildman–Crippen LogP) is -1.05. The molecule has 0 fully saturated rings. The third-order valence-corrected chi connectivity index (χ3v) is 2.23. The predicted molar refractivity (Wildman–Crippen MR) is 53.4 cm³/mol. The number of hydrogen-bond donors (Lipinski definition) is 1. The van der Waals surface area contributed by atoms with Gasteiger partial charge in [-0.1, -0.05) is 24.8 Å². The van der Waals surface area contributed by atoms with Gasteiger partial charge in [0.1, 0.15) is 6.54 Å². The maximum atomic E-state index is 3.75. The first-order valence-electron chi connectivity index (χ1n) is 4.41. The van der Waals surface area contributed by atoms with Crippen LogP contribution in [0.1, 0.15) is 5.82 Å². The zero-order valence-electron chi connectivity index (χ0n) is 8.13. The first-order chi connectivity index (χ1) is 6.33. The van der Waals surface area contributed by atoms with Gasteiger partial charge in [0.2, 0.25) is 0 Å². The molecule has 0 aliphatic rings. The molecule has 2 aromatic rings. The SMILES string of the molecule is C=CC[n+]1c(C)[nH]c2ccccc21.[Br-]. The summed E-state index contributed by atoms with van der Waals surface area (Å²) < 4.78 is 2.21. The molecule has 1 heterocycles. The summed E-state index contributed by atoms with van der Waals surface area (Å²) in [5.41, 5.74) is 2.42. The first kappa shape index (κ1) is 11.0. The van der Waals surface area contributed by atoms with Gasteiger partial charge in [0.25, 0.3) is 5.82 Å². The number of rotatable bonds is 2. The van der Waals surface area contributed by atoms with Crippen LogP contribution >= 0.6 is 0 Å². The number of imidazole rings is 1. The fraction of sp³-hybridized carbons (Fsp3) is 0.182. The van der Waals surface area contributed by atoms with E-state index < -0.39 is 0 Å². The molecule has 1 aromatic heterocycles. The highest BCUT2D eigenvalue weighted by atomic mass is 79.9. The van der Waals surface area contributed by atoms with Crippen LogP contribution in [0.15, 0.2) is 36.9 Å². The van der Waals surface area contributed by atoms with Gasteiger partial charge in [0, 0.05) is 6.92 Å². The molecular formula is C11H13BrN2. The maximum Gasteiger partial charge on any atom is 0.252 e. The molecule has 2 rings (SSSR count). The lowest BCUT2D eigenvalue weighted by molar-refractivity contribution is -0.667. The summed E-state index contributed by atoms with van der Waals surface area (Å²) in [7, 11) is 0. The number of H-pyrrole nitrogens is 1. The molecule has 3 heteroatoms. The highest BCUT2D eigenvalue weighted by molar-refractivity contribution is 5.70. The van der Waals surface area contributed by atoms with Gasteiger partial charge in [-0.25, -0.2) is 9.55 Å². The number of aryl methyl sites for hydroxylation is 1. The van der Waals surface area contributed by atoms with Crippen molar-refractivity contribution in [3.8, 4) is 0 Å². The van der Waals surface area contributed by atoms with Crippen molar-refractivity contribution in [2.24, 2.45) is 0 Å². The van der Waals surface area contributed by atoms with Crippen molar-refractivity contribution in [3.05, 3.63) is 42.7 Å². The molecule has 0 bridgehead atoms. The van der Waals surface area contributed by atoms with E-state index in [1.54, 1.807) is 0 Å². The van der Waals surface area contributed by atoms with Gasteiger partial charge in [-0.15, -0.1) is 0 Å². The smallest absolute Gasteiger partial charge is 0.252 e. The number of nitrogens with zero attached hydrogens (tertiary/aromatic N) is 1. The number of nitrogens with one attached hydrogen (secondary N) is 1. The summed E-state index contributed by atoms with van der Waals surface area (Å²) in [6.07, 6.45) is 1.91. The lowest BCUT2D eigenvalue weighted by Gasteiger charge is -1.92. The van der Waals surface area contributed by atoms with Crippen molar-refractivity contribution in [1.29, 1.82) is 0 Å². The molecular weight excluding hydrogens is 240 g/mol. The molecule has 0 spiro atoms. The highest BCUT2D eigenvalue weighted by Crippen LogP contribution is 2.07. The summed E-state index contributed by atoms with van der Waals surface area (Å²) >= 11 is 0. The van der Waals surface area contributed by atoms with Gasteiger partial charge in [-0.05, 0) is 12.1 Å². The van der Waals surface area contributed by atoms with Gasteiger partial charge in [-0.2, -0.15) is 0 Å². The van der Waals surface area contributed by atoms with Crippen LogP contribution in [-0.4, -0.2) is 4.98 Å². The molecule has 0 amide bonds. The van der Waals surface area contributed by atoms with Gasteiger partial charge in [0.15, 0.2) is 11.0 Å². The van der Waals surface area contributed by atoms with E-state index in [0.717, 1.165) is 6.54 Å². The Morgan fingerprint density at radius 2 is 2.14 bits per heavy atom. The molecule has 0 saturated heterocycles. The highest BCUT2D eigenvalue weighted by Gasteiger charge is 2.11. The molecule has 0 unspecified atom stereocenters. The van der Waals surface area contributed by atoms with E-state index in [-0.39, 0.29) is 17.0 Å². The van der Waals surface area contributed by atoms with Crippen molar-refractivity contribution in [1.82, 2.24) is 4.98 Å². The summed E-state index contributed by atoms with van der Waals surface area (Å²) in [6, 6.07) is 8.29. The van der Waals surface area contributed by atoms with Crippen molar-refractivity contribution in [2.45, 2.75) is 13.5 Å². The second kappa shape index (κ2) is 4.42.